The summed E-state index contributed by atoms with van der Waals surface area (Å²) in [4.78, 5) is 4.22. The number of halogens is 1. The highest BCUT2D eigenvalue weighted by Gasteiger charge is 2.16. The molecule has 0 saturated carbocycles. The van der Waals surface area contributed by atoms with Crippen molar-refractivity contribution in [2.45, 2.75) is 6.54 Å². The Kier molecular flexibility index (Phi) is 1.74. The number of hydrogen-bond acceptors (Lipinski definition) is 2. The molecule has 1 aromatic carbocycles. The second-order valence-corrected chi connectivity index (χ2v) is 3.43. The Morgan fingerprint density at radius 2 is 2.33 bits per heavy atom. The fourth-order valence-corrected chi connectivity index (χ4v) is 1.79. The monoisotopic (exact) mass is 204 g/mol. The largest absolute Gasteiger partial charge is 0.491 e. The van der Waals surface area contributed by atoms with E-state index in [0.717, 1.165) is 17.9 Å². The summed E-state index contributed by atoms with van der Waals surface area (Å²) >= 11 is 0. The Bertz CT molecular complexity index is 507. The van der Waals surface area contributed by atoms with Crippen LogP contribution in [0.1, 0.15) is 0 Å². The predicted molar refractivity (Wildman–Crippen MR) is 53.1 cm³/mol. The van der Waals surface area contributed by atoms with E-state index < -0.39 is 0 Å². The highest BCUT2D eigenvalue weighted by atomic mass is 19.1. The number of fused-ring (bicyclic) bond motifs is 3. The van der Waals surface area contributed by atoms with Crippen molar-refractivity contribution in [2.75, 3.05) is 6.61 Å². The van der Waals surface area contributed by atoms with Gasteiger partial charge < -0.3 is 9.30 Å². The molecule has 3 nitrogen and oxygen atoms in total. The Morgan fingerprint density at radius 1 is 1.40 bits per heavy atom. The zero-order valence-corrected chi connectivity index (χ0v) is 7.98. The summed E-state index contributed by atoms with van der Waals surface area (Å²) in [6, 6.07) is 4.51. The Morgan fingerprint density at radius 3 is 3.27 bits per heavy atom. The van der Waals surface area contributed by atoms with Crippen LogP contribution in [-0.4, -0.2) is 16.2 Å². The minimum atomic E-state index is -0.270. The molecular formula is C11H9FN2O. The summed E-state index contributed by atoms with van der Waals surface area (Å²) in [5, 5.41) is 0. The van der Waals surface area contributed by atoms with Gasteiger partial charge in [0.15, 0.2) is 0 Å². The molecule has 0 amide bonds. The van der Waals surface area contributed by atoms with Gasteiger partial charge in [0.25, 0.3) is 0 Å². The fourth-order valence-electron chi connectivity index (χ4n) is 1.79. The van der Waals surface area contributed by atoms with Crippen molar-refractivity contribution in [1.29, 1.82) is 0 Å². The number of aromatic nitrogens is 2. The molecule has 1 aliphatic rings. The maximum Gasteiger partial charge on any atom is 0.143 e. The lowest BCUT2D eigenvalue weighted by Crippen LogP contribution is -2.04. The lowest BCUT2D eigenvalue weighted by atomic mass is 10.2. The first-order valence-corrected chi connectivity index (χ1v) is 4.78. The van der Waals surface area contributed by atoms with Gasteiger partial charge in [0.2, 0.25) is 0 Å². The van der Waals surface area contributed by atoms with Crippen molar-refractivity contribution in [2.24, 2.45) is 0 Å². The van der Waals surface area contributed by atoms with Crippen LogP contribution >= 0.6 is 0 Å². The van der Waals surface area contributed by atoms with E-state index in [2.05, 4.69) is 4.98 Å². The Labute approximate surface area is 86.1 Å². The molecule has 0 aliphatic carbocycles. The standard InChI is InChI=1S/C11H9FN2O/c12-8-1-2-10-9(7-8)11-13-3-4-14(11)5-6-15-10/h1-4,7H,5-6H2. The van der Waals surface area contributed by atoms with Gasteiger partial charge in [-0.05, 0) is 18.2 Å². The third-order valence-electron chi connectivity index (χ3n) is 2.49. The van der Waals surface area contributed by atoms with Crippen LogP contribution in [0.15, 0.2) is 30.6 Å². The van der Waals surface area contributed by atoms with Gasteiger partial charge in [-0.2, -0.15) is 0 Å². The lowest BCUT2D eigenvalue weighted by molar-refractivity contribution is 0.306. The first-order chi connectivity index (χ1) is 7.34. The zero-order valence-electron chi connectivity index (χ0n) is 7.98. The highest BCUT2D eigenvalue weighted by molar-refractivity contribution is 5.65. The average Bonchev–Trinajstić information content (AvgIpc) is 2.62. The van der Waals surface area contributed by atoms with Gasteiger partial charge in [-0.1, -0.05) is 0 Å². The first-order valence-electron chi connectivity index (χ1n) is 4.78. The summed E-state index contributed by atoms with van der Waals surface area (Å²) in [7, 11) is 0. The molecule has 0 fully saturated rings. The maximum atomic E-state index is 13.1. The molecule has 15 heavy (non-hydrogen) atoms. The quantitative estimate of drug-likeness (QED) is 0.657. The van der Waals surface area contributed by atoms with E-state index in [1.165, 1.54) is 12.1 Å². The molecule has 3 rings (SSSR count). The van der Waals surface area contributed by atoms with Gasteiger partial charge in [0, 0.05) is 12.4 Å². The van der Waals surface area contributed by atoms with Crippen LogP contribution in [0.4, 0.5) is 4.39 Å². The normalized spacial score (nSPS) is 13.7. The second-order valence-electron chi connectivity index (χ2n) is 3.43. The number of imidazole rings is 1. The van der Waals surface area contributed by atoms with Crippen LogP contribution in [0.5, 0.6) is 5.75 Å². The Hall–Kier alpha value is -1.84. The van der Waals surface area contributed by atoms with Crippen molar-refractivity contribution < 1.29 is 9.13 Å². The third kappa shape index (κ3) is 1.29. The predicted octanol–water partition coefficient (Wildman–Crippen LogP) is 2.08. The summed E-state index contributed by atoms with van der Waals surface area (Å²) in [6.07, 6.45) is 3.59. The number of benzene rings is 1. The molecule has 2 aromatic rings. The molecular weight excluding hydrogens is 195 g/mol. The molecule has 0 radical (unpaired) electrons. The Balaban J connectivity index is 2.27. The third-order valence-corrected chi connectivity index (χ3v) is 2.49. The van der Waals surface area contributed by atoms with Crippen molar-refractivity contribution in [3.8, 4) is 17.1 Å². The number of nitrogens with zero attached hydrogens (tertiary/aromatic N) is 2. The van der Waals surface area contributed by atoms with Crippen LogP contribution < -0.4 is 4.74 Å². The van der Waals surface area contributed by atoms with E-state index in [-0.39, 0.29) is 5.82 Å². The number of hydrogen-bond donors (Lipinski definition) is 0. The number of ether oxygens (including phenoxy) is 1. The van der Waals surface area contributed by atoms with Gasteiger partial charge in [-0.25, -0.2) is 9.37 Å². The van der Waals surface area contributed by atoms with Crippen LogP contribution in [0.2, 0.25) is 0 Å². The minimum absolute atomic E-state index is 0.270. The van der Waals surface area contributed by atoms with E-state index in [4.69, 9.17) is 4.74 Å². The summed E-state index contributed by atoms with van der Waals surface area (Å²) in [6.45, 7) is 1.33. The molecule has 1 aromatic heterocycles. The zero-order chi connectivity index (χ0) is 10.3. The van der Waals surface area contributed by atoms with Crippen molar-refractivity contribution in [3.63, 3.8) is 0 Å². The average molecular weight is 204 g/mol. The smallest absolute Gasteiger partial charge is 0.143 e. The molecule has 76 valence electrons. The van der Waals surface area contributed by atoms with Gasteiger partial charge in [-0.15, -0.1) is 0 Å². The fraction of sp³-hybridized carbons (Fsp3) is 0.182. The topological polar surface area (TPSA) is 27.1 Å². The van der Waals surface area contributed by atoms with E-state index in [1.807, 2.05) is 10.8 Å². The van der Waals surface area contributed by atoms with E-state index in [1.54, 1.807) is 12.3 Å². The molecule has 2 heterocycles. The van der Waals surface area contributed by atoms with Gasteiger partial charge >= 0.3 is 0 Å². The minimum Gasteiger partial charge on any atom is -0.491 e. The maximum absolute atomic E-state index is 13.1. The summed E-state index contributed by atoms with van der Waals surface area (Å²) in [5.41, 5.74) is 0.720. The molecule has 4 heteroatoms. The van der Waals surface area contributed by atoms with Crippen molar-refractivity contribution in [1.82, 2.24) is 9.55 Å². The molecule has 0 N–H and O–H groups in total. The van der Waals surface area contributed by atoms with E-state index in [0.29, 0.717) is 12.4 Å². The highest BCUT2D eigenvalue weighted by Crippen LogP contribution is 2.31. The van der Waals surface area contributed by atoms with E-state index >= 15 is 0 Å². The van der Waals surface area contributed by atoms with Crippen molar-refractivity contribution in [3.05, 3.63) is 36.4 Å². The van der Waals surface area contributed by atoms with Crippen LogP contribution in [0.3, 0.4) is 0 Å². The summed E-state index contributed by atoms with van der Waals surface area (Å²) < 4.78 is 20.6. The summed E-state index contributed by atoms with van der Waals surface area (Å²) in [5.74, 6) is 1.19. The molecule has 1 aliphatic heterocycles. The van der Waals surface area contributed by atoms with Crippen LogP contribution in [0, 0.1) is 5.82 Å². The van der Waals surface area contributed by atoms with Gasteiger partial charge in [0.05, 0.1) is 12.1 Å². The lowest BCUT2D eigenvalue weighted by Gasteiger charge is -2.05. The van der Waals surface area contributed by atoms with Gasteiger partial charge in [-0.3, -0.25) is 0 Å². The van der Waals surface area contributed by atoms with Crippen molar-refractivity contribution >= 4 is 0 Å². The van der Waals surface area contributed by atoms with E-state index in [9.17, 15) is 4.39 Å². The van der Waals surface area contributed by atoms with Crippen LogP contribution in [0.25, 0.3) is 11.4 Å². The van der Waals surface area contributed by atoms with Gasteiger partial charge in [0.1, 0.15) is 24.0 Å². The molecule has 0 bridgehead atoms. The molecule has 0 spiro atoms. The van der Waals surface area contributed by atoms with Crippen LogP contribution in [-0.2, 0) is 6.54 Å². The SMILES string of the molecule is Fc1ccc2c(c1)-c1nccn1CCO2. The second kappa shape index (κ2) is 3.08. The first kappa shape index (κ1) is 8.47. The molecule has 0 unspecified atom stereocenters. The number of rotatable bonds is 0. The molecule has 0 atom stereocenters. The molecule has 0 saturated heterocycles.